The normalized spacial score (nSPS) is 11.2. The summed E-state index contributed by atoms with van der Waals surface area (Å²) >= 11 is 13.7. The van der Waals surface area contributed by atoms with E-state index < -0.39 is 0 Å². The lowest BCUT2D eigenvalue weighted by atomic mass is 10.1. The lowest BCUT2D eigenvalue weighted by Gasteiger charge is -2.01. The molecule has 0 aliphatic heterocycles. The number of halogens is 2. The van der Waals surface area contributed by atoms with Crippen molar-refractivity contribution in [3.63, 3.8) is 0 Å². The van der Waals surface area contributed by atoms with E-state index in [0.29, 0.717) is 10.0 Å². The van der Waals surface area contributed by atoms with Crippen molar-refractivity contribution >= 4 is 39.5 Å². The Balaban J connectivity index is 1.62. The third kappa shape index (κ3) is 3.00. The van der Waals surface area contributed by atoms with Gasteiger partial charge in [0.05, 0.1) is 15.7 Å². The summed E-state index contributed by atoms with van der Waals surface area (Å²) < 4.78 is 2.08. The van der Waals surface area contributed by atoms with Crippen LogP contribution >= 0.6 is 34.5 Å². The second kappa shape index (κ2) is 6.00. The van der Waals surface area contributed by atoms with E-state index in [2.05, 4.69) is 28.9 Å². The van der Waals surface area contributed by atoms with Crippen LogP contribution in [0.3, 0.4) is 0 Å². The van der Waals surface area contributed by atoms with Crippen molar-refractivity contribution in [3.8, 4) is 11.3 Å². The molecular weight excluding hydrogens is 347 g/mol. The highest BCUT2D eigenvalue weighted by atomic mass is 35.5. The maximum absolute atomic E-state index is 6.08. The van der Waals surface area contributed by atoms with Gasteiger partial charge in [0, 0.05) is 29.3 Å². The number of benzene rings is 2. The van der Waals surface area contributed by atoms with Gasteiger partial charge in [0.1, 0.15) is 0 Å². The van der Waals surface area contributed by atoms with Crippen LogP contribution in [-0.2, 0) is 6.42 Å². The molecule has 5 heteroatoms. The van der Waals surface area contributed by atoms with E-state index in [-0.39, 0.29) is 0 Å². The number of thiazole rings is 1. The third-order valence-corrected chi connectivity index (χ3v) is 5.37. The van der Waals surface area contributed by atoms with Gasteiger partial charge >= 0.3 is 0 Å². The van der Waals surface area contributed by atoms with Gasteiger partial charge in [-0.15, -0.1) is 11.3 Å². The van der Waals surface area contributed by atoms with Gasteiger partial charge in [0.2, 0.25) is 0 Å². The summed E-state index contributed by atoms with van der Waals surface area (Å²) in [6.45, 7) is 0. The average Bonchev–Trinajstić information content (AvgIpc) is 3.10. The number of fused-ring (bicyclic) bond motifs is 1. The van der Waals surface area contributed by atoms with Gasteiger partial charge in [0.25, 0.3) is 0 Å². The molecule has 0 atom stereocenters. The highest BCUT2D eigenvalue weighted by molar-refractivity contribution is 7.17. The molecule has 0 spiro atoms. The van der Waals surface area contributed by atoms with Gasteiger partial charge in [-0.3, -0.25) is 4.40 Å². The number of hydrogen-bond acceptors (Lipinski definition) is 2. The standard InChI is InChI=1S/C18H12Cl2N2S/c19-15-7-6-12(9-16(15)20)8-14-10-22-11-17(21-18(22)23-14)13-4-2-1-3-5-13/h1-7,9-11H,8H2. The molecule has 0 saturated heterocycles. The molecule has 114 valence electrons. The van der Waals surface area contributed by atoms with Gasteiger partial charge in [-0.1, -0.05) is 59.6 Å². The average molecular weight is 359 g/mol. The van der Waals surface area contributed by atoms with E-state index in [1.165, 1.54) is 4.88 Å². The summed E-state index contributed by atoms with van der Waals surface area (Å²) in [4.78, 5) is 6.95. The molecule has 0 N–H and O–H groups in total. The Bertz CT molecular complexity index is 942. The Labute approximate surface area is 147 Å². The summed E-state index contributed by atoms with van der Waals surface area (Å²) in [7, 11) is 0. The minimum atomic E-state index is 0.587. The smallest absolute Gasteiger partial charge is 0.194 e. The molecule has 23 heavy (non-hydrogen) atoms. The Hall–Kier alpha value is -1.81. The van der Waals surface area contributed by atoms with Crippen LogP contribution in [0.25, 0.3) is 16.2 Å². The molecule has 4 rings (SSSR count). The van der Waals surface area contributed by atoms with Gasteiger partial charge in [0.15, 0.2) is 4.96 Å². The van der Waals surface area contributed by atoms with Crippen LogP contribution < -0.4 is 0 Å². The van der Waals surface area contributed by atoms with E-state index in [1.54, 1.807) is 11.3 Å². The zero-order valence-electron chi connectivity index (χ0n) is 12.0. The van der Waals surface area contributed by atoms with Crippen molar-refractivity contribution in [2.24, 2.45) is 0 Å². The van der Waals surface area contributed by atoms with Gasteiger partial charge in [-0.2, -0.15) is 0 Å². The zero-order chi connectivity index (χ0) is 15.8. The molecule has 2 aromatic heterocycles. The summed E-state index contributed by atoms with van der Waals surface area (Å²) in [6.07, 6.45) is 5.02. The van der Waals surface area contributed by atoms with Crippen molar-refractivity contribution in [1.29, 1.82) is 0 Å². The number of hydrogen-bond donors (Lipinski definition) is 0. The van der Waals surface area contributed by atoms with Crippen molar-refractivity contribution in [2.45, 2.75) is 6.42 Å². The van der Waals surface area contributed by atoms with Crippen LogP contribution in [0, 0.1) is 0 Å². The number of aromatic nitrogens is 2. The van der Waals surface area contributed by atoms with Crippen LogP contribution in [-0.4, -0.2) is 9.38 Å². The van der Waals surface area contributed by atoms with E-state index in [9.17, 15) is 0 Å². The number of rotatable bonds is 3. The van der Waals surface area contributed by atoms with Crippen LogP contribution in [0.5, 0.6) is 0 Å². The molecule has 4 aromatic rings. The largest absolute Gasteiger partial charge is 0.297 e. The molecule has 0 amide bonds. The second-order valence-corrected chi connectivity index (χ2v) is 7.21. The van der Waals surface area contributed by atoms with Crippen LogP contribution in [0.2, 0.25) is 10.0 Å². The number of nitrogens with zero attached hydrogens (tertiary/aromatic N) is 2. The van der Waals surface area contributed by atoms with Gasteiger partial charge in [-0.25, -0.2) is 4.98 Å². The molecule has 0 aliphatic carbocycles. The highest BCUT2D eigenvalue weighted by Crippen LogP contribution is 2.27. The second-order valence-electron chi connectivity index (χ2n) is 5.30. The predicted molar refractivity (Wildman–Crippen MR) is 97.8 cm³/mol. The van der Waals surface area contributed by atoms with Crippen molar-refractivity contribution in [3.05, 3.63) is 81.4 Å². The fourth-order valence-corrected chi connectivity index (χ4v) is 3.84. The highest BCUT2D eigenvalue weighted by Gasteiger charge is 2.09. The maximum atomic E-state index is 6.08. The monoisotopic (exact) mass is 358 g/mol. The van der Waals surface area contributed by atoms with E-state index in [4.69, 9.17) is 28.2 Å². The number of imidazole rings is 1. The topological polar surface area (TPSA) is 17.3 Å². The molecule has 2 aromatic carbocycles. The minimum Gasteiger partial charge on any atom is -0.297 e. The van der Waals surface area contributed by atoms with E-state index in [0.717, 1.165) is 28.2 Å². The third-order valence-electron chi connectivity index (χ3n) is 3.64. The van der Waals surface area contributed by atoms with E-state index >= 15 is 0 Å². The molecular formula is C18H12Cl2N2S. The van der Waals surface area contributed by atoms with Crippen molar-refractivity contribution in [2.75, 3.05) is 0 Å². The lowest BCUT2D eigenvalue weighted by molar-refractivity contribution is 1.16. The SMILES string of the molecule is Clc1ccc(Cc2cn3cc(-c4ccccc4)nc3s2)cc1Cl. The van der Waals surface area contributed by atoms with Gasteiger partial charge in [-0.05, 0) is 17.7 Å². The quantitative estimate of drug-likeness (QED) is 0.441. The zero-order valence-corrected chi connectivity index (χ0v) is 14.4. The molecule has 0 unspecified atom stereocenters. The first kappa shape index (κ1) is 14.8. The first-order valence-electron chi connectivity index (χ1n) is 7.16. The Morgan fingerprint density at radius 2 is 1.78 bits per heavy atom. The fourth-order valence-electron chi connectivity index (χ4n) is 2.52. The van der Waals surface area contributed by atoms with Gasteiger partial charge < -0.3 is 0 Å². The molecule has 0 radical (unpaired) electrons. The first-order chi connectivity index (χ1) is 11.2. The molecule has 0 saturated carbocycles. The van der Waals surface area contributed by atoms with Crippen LogP contribution in [0.15, 0.2) is 60.9 Å². The van der Waals surface area contributed by atoms with Crippen molar-refractivity contribution < 1.29 is 0 Å². The molecule has 0 bridgehead atoms. The van der Waals surface area contributed by atoms with E-state index in [1.807, 2.05) is 36.4 Å². The summed E-state index contributed by atoms with van der Waals surface area (Å²) in [6, 6.07) is 16.0. The van der Waals surface area contributed by atoms with Crippen molar-refractivity contribution in [1.82, 2.24) is 9.38 Å². The lowest BCUT2D eigenvalue weighted by Crippen LogP contribution is -1.85. The molecule has 0 aliphatic rings. The fraction of sp³-hybridized carbons (Fsp3) is 0.0556. The molecule has 0 fully saturated rings. The predicted octanol–water partition coefficient (Wildman–Crippen LogP) is 5.96. The summed E-state index contributed by atoms with van der Waals surface area (Å²) in [5.41, 5.74) is 3.28. The summed E-state index contributed by atoms with van der Waals surface area (Å²) in [5.74, 6) is 0. The minimum absolute atomic E-state index is 0.587. The Morgan fingerprint density at radius 3 is 2.52 bits per heavy atom. The molecule has 2 nitrogen and oxygen atoms in total. The Morgan fingerprint density at radius 1 is 0.957 bits per heavy atom. The maximum Gasteiger partial charge on any atom is 0.194 e. The van der Waals surface area contributed by atoms with Crippen LogP contribution in [0.1, 0.15) is 10.4 Å². The first-order valence-corrected chi connectivity index (χ1v) is 8.73. The summed E-state index contributed by atoms with van der Waals surface area (Å²) in [5, 5.41) is 1.18. The van der Waals surface area contributed by atoms with Crippen LogP contribution in [0.4, 0.5) is 0 Å². The molecule has 2 heterocycles. The Kier molecular flexibility index (Phi) is 3.85.